The highest BCUT2D eigenvalue weighted by Gasteiger charge is 2.52. The molecule has 5 heteroatoms. The third kappa shape index (κ3) is 3.86. The molecule has 1 unspecified atom stereocenters. The predicted molar refractivity (Wildman–Crippen MR) is 96.8 cm³/mol. The van der Waals surface area contributed by atoms with E-state index in [4.69, 9.17) is 16.3 Å². The van der Waals surface area contributed by atoms with E-state index in [1.807, 2.05) is 6.07 Å². The van der Waals surface area contributed by atoms with E-state index >= 15 is 0 Å². The van der Waals surface area contributed by atoms with Crippen LogP contribution in [0, 0.1) is 11.3 Å². The summed E-state index contributed by atoms with van der Waals surface area (Å²) in [6.07, 6.45) is 6.42. The number of hydrogen-bond acceptors (Lipinski definition) is 3. The van der Waals surface area contributed by atoms with E-state index in [1.165, 1.54) is 43.7 Å². The van der Waals surface area contributed by atoms with Crippen molar-refractivity contribution in [2.45, 2.75) is 32.1 Å². The van der Waals surface area contributed by atoms with Gasteiger partial charge in [0.25, 0.3) is 5.91 Å². The van der Waals surface area contributed by atoms with Gasteiger partial charge in [-0.15, -0.1) is 0 Å². The van der Waals surface area contributed by atoms with Crippen LogP contribution in [0.25, 0.3) is 0 Å². The predicted octanol–water partition coefficient (Wildman–Crippen LogP) is 3.59. The summed E-state index contributed by atoms with van der Waals surface area (Å²) in [6, 6.07) is 5.31. The maximum absolute atomic E-state index is 12.0. The molecule has 0 bridgehead atoms. The van der Waals surface area contributed by atoms with Crippen LogP contribution in [-0.2, 0) is 0 Å². The smallest absolute Gasteiger partial charge is 0.254 e. The number of nitrogens with zero attached hydrogens (tertiary/aromatic N) is 1. The fourth-order valence-electron chi connectivity index (χ4n) is 3.90. The molecule has 1 atom stereocenters. The molecule has 1 N–H and O–H groups in total. The standard InChI is InChI=1S/C19H27ClN2O2/c1-22(2)18(23)16-6-5-15(12-17(16)20)24-11-3-4-14-13-19(14)7-9-21-10-8-19/h5-6,12,14,21H,3-4,7-11,13H2,1-2H3. The van der Waals surface area contributed by atoms with Gasteiger partial charge in [-0.25, -0.2) is 0 Å². The van der Waals surface area contributed by atoms with Crippen LogP contribution in [0.5, 0.6) is 5.75 Å². The Hall–Kier alpha value is -1.26. The monoisotopic (exact) mass is 350 g/mol. The van der Waals surface area contributed by atoms with Gasteiger partial charge in [0.05, 0.1) is 17.2 Å². The largest absolute Gasteiger partial charge is 0.494 e. The molecule has 1 saturated heterocycles. The van der Waals surface area contributed by atoms with E-state index in [1.54, 1.807) is 26.2 Å². The molecule has 1 heterocycles. The zero-order valence-electron chi connectivity index (χ0n) is 14.6. The van der Waals surface area contributed by atoms with Crippen LogP contribution in [0.15, 0.2) is 18.2 Å². The highest BCUT2D eigenvalue weighted by molar-refractivity contribution is 6.34. The number of halogens is 1. The number of benzene rings is 1. The van der Waals surface area contributed by atoms with Crippen LogP contribution < -0.4 is 10.1 Å². The SMILES string of the molecule is CN(C)C(=O)c1ccc(OCCCC2CC23CCNCC3)cc1Cl. The summed E-state index contributed by atoms with van der Waals surface area (Å²) >= 11 is 6.21. The van der Waals surface area contributed by atoms with Crippen molar-refractivity contribution in [1.82, 2.24) is 10.2 Å². The molecule has 2 fully saturated rings. The quantitative estimate of drug-likeness (QED) is 0.797. The lowest BCUT2D eigenvalue weighted by molar-refractivity contribution is 0.0827. The molecule has 132 valence electrons. The molecule has 0 radical (unpaired) electrons. The minimum absolute atomic E-state index is 0.0902. The Morgan fingerprint density at radius 3 is 2.79 bits per heavy atom. The average molecular weight is 351 g/mol. The molecule has 1 amide bonds. The number of ether oxygens (including phenoxy) is 1. The Kier molecular flexibility index (Phi) is 5.36. The summed E-state index contributed by atoms with van der Waals surface area (Å²) in [5, 5.41) is 3.90. The van der Waals surface area contributed by atoms with Crippen molar-refractivity contribution in [3.05, 3.63) is 28.8 Å². The summed E-state index contributed by atoms with van der Waals surface area (Å²) in [5.74, 6) is 1.54. The summed E-state index contributed by atoms with van der Waals surface area (Å²) in [6.45, 7) is 3.08. The van der Waals surface area contributed by atoms with Gasteiger partial charge in [-0.3, -0.25) is 4.79 Å². The number of carbonyl (C=O) groups excluding carboxylic acids is 1. The molecule has 2 aliphatic rings. The Morgan fingerprint density at radius 2 is 2.12 bits per heavy atom. The zero-order valence-corrected chi connectivity index (χ0v) is 15.4. The van der Waals surface area contributed by atoms with Crippen LogP contribution in [0.3, 0.4) is 0 Å². The maximum atomic E-state index is 12.0. The molecule has 3 rings (SSSR count). The van der Waals surface area contributed by atoms with Gasteiger partial charge in [-0.05, 0) is 74.7 Å². The lowest BCUT2D eigenvalue weighted by atomic mass is 9.91. The Bertz CT molecular complexity index is 597. The van der Waals surface area contributed by atoms with Gasteiger partial charge in [0.2, 0.25) is 0 Å². The van der Waals surface area contributed by atoms with E-state index < -0.39 is 0 Å². The highest BCUT2D eigenvalue weighted by atomic mass is 35.5. The van der Waals surface area contributed by atoms with Gasteiger partial charge in [-0.1, -0.05) is 11.6 Å². The van der Waals surface area contributed by atoms with Crippen molar-refractivity contribution in [2.24, 2.45) is 11.3 Å². The van der Waals surface area contributed by atoms with Crippen molar-refractivity contribution in [2.75, 3.05) is 33.8 Å². The molecule has 1 aliphatic carbocycles. The first-order valence-electron chi connectivity index (χ1n) is 8.86. The van der Waals surface area contributed by atoms with Crippen molar-refractivity contribution < 1.29 is 9.53 Å². The molecular formula is C19H27ClN2O2. The number of rotatable bonds is 6. The van der Waals surface area contributed by atoms with Crippen molar-refractivity contribution in [3.8, 4) is 5.75 Å². The molecule has 1 saturated carbocycles. The first-order chi connectivity index (χ1) is 11.5. The van der Waals surface area contributed by atoms with Crippen LogP contribution >= 0.6 is 11.6 Å². The van der Waals surface area contributed by atoms with Gasteiger partial charge in [0, 0.05) is 14.1 Å². The normalized spacial score (nSPS) is 21.5. The van der Waals surface area contributed by atoms with Gasteiger partial charge in [0.1, 0.15) is 5.75 Å². The Labute approximate surface area is 149 Å². The van der Waals surface area contributed by atoms with E-state index in [0.29, 0.717) is 22.6 Å². The van der Waals surface area contributed by atoms with Gasteiger partial charge in [-0.2, -0.15) is 0 Å². The highest BCUT2D eigenvalue weighted by Crippen LogP contribution is 2.60. The number of nitrogens with one attached hydrogen (secondary N) is 1. The Morgan fingerprint density at radius 1 is 1.38 bits per heavy atom. The van der Waals surface area contributed by atoms with Gasteiger partial charge < -0.3 is 15.0 Å². The number of amides is 1. The van der Waals surface area contributed by atoms with Crippen LogP contribution in [0.1, 0.15) is 42.5 Å². The molecular weight excluding hydrogens is 324 g/mol. The minimum atomic E-state index is -0.0902. The molecule has 1 spiro atoms. The second-order valence-electron chi connectivity index (χ2n) is 7.35. The summed E-state index contributed by atoms with van der Waals surface area (Å²) in [7, 11) is 3.44. The second kappa shape index (κ2) is 7.32. The third-order valence-corrected chi connectivity index (χ3v) is 5.81. The fourth-order valence-corrected chi connectivity index (χ4v) is 4.15. The minimum Gasteiger partial charge on any atom is -0.494 e. The summed E-state index contributed by atoms with van der Waals surface area (Å²) in [4.78, 5) is 13.5. The van der Waals surface area contributed by atoms with E-state index in [-0.39, 0.29) is 5.91 Å². The first kappa shape index (κ1) is 17.6. The molecule has 1 aliphatic heterocycles. The second-order valence-corrected chi connectivity index (χ2v) is 7.75. The topological polar surface area (TPSA) is 41.6 Å². The van der Waals surface area contributed by atoms with Crippen molar-refractivity contribution in [1.29, 1.82) is 0 Å². The molecule has 0 aromatic heterocycles. The van der Waals surface area contributed by atoms with Crippen LogP contribution in [0.4, 0.5) is 0 Å². The molecule has 24 heavy (non-hydrogen) atoms. The zero-order chi connectivity index (χ0) is 17.2. The van der Waals surface area contributed by atoms with Crippen LogP contribution in [0.2, 0.25) is 5.02 Å². The Balaban J connectivity index is 1.42. The van der Waals surface area contributed by atoms with Crippen molar-refractivity contribution >= 4 is 17.5 Å². The van der Waals surface area contributed by atoms with E-state index in [0.717, 1.165) is 18.1 Å². The average Bonchev–Trinajstić information content (AvgIpc) is 3.23. The van der Waals surface area contributed by atoms with Crippen LogP contribution in [-0.4, -0.2) is 44.6 Å². The third-order valence-electron chi connectivity index (χ3n) is 5.50. The maximum Gasteiger partial charge on any atom is 0.254 e. The summed E-state index contributed by atoms with van der Waals surface area (Å²) < 4.78 is 5.81. The van der Waals surface area contributed by atoms with Gasteiger partial charge >= 0.3 is 0 Å². The number of piperidine rings is 1. The lowest BCUT2D eigenvalue weighted by Crippen LogP contribution is -2.29. The molecule has 4 nitrogen and oxygen atoms in total. The van der Waals surface area contributed by atoms with Gasteiger partial charge in [0.15, 0.2) is 0 Å². The van der Waals surface area contributed by atoms with E-state index in [2.05, 4.69) is 5.32 Å². The first-order valence-corrected chi connectivity index (χ1v) is 9.24. The van der Waals surface area contributed by atoms with E-state index in [9.17, 15) is 4.79 Å². The molecule has 1 aromatic rings. The van der Waals surface area contributed by atoms with Crippen molar-refractivity contribution in [3.63, 3.8) is 0 Å². The number of carbonyl (C=O) groups is 1. The fraction of sp³-hybridized carbons (Fsp3) is 0.632. The summed E-state index contributed by atoms with van der Waals surface area (Å²) in [5.41, 5.74) is 1.17. The lowest BCUT2D eigenvalue weighted by Gasteiger charge is -2.23. The number of hydrogen-bond donors (Lipinski definition) is 1. The molecule has 1 aromatic carbocycles.